The highest BCUT2D eigenvalue weighted by Crippen LogP contribution is 2.42. The number of ether oxygens (including phenoxy) is 3. The summed E-state index contributed by atoms with van der Waals surface area (Å²) in [5.74, 6) is -1.85. The highest BCUT2D eigenvalue weighted by atomic mass is 16.7. The minimum absolute atomic E-state index is 0.222. The fraction of sp³-hybridized carbons (Fsp3) is 0.550. The molecule has 2 aromatic rings. The van der Waals surface area contributed by atoms with E-state index < -0.39 is 30.1 Å². The largest absolute Gasteiger partial charge is 0.466 e. The Balaban J connectivity index is 2.10. The molecule has 30 heavy (non-hydrogen) atoms. The first-order chi connectivity index (χ1) is 14.1. The number of hydrogen-bond donors (Lipinski definition) is 3. The van der Waals surface area contributed by atoms with Crippen LogP contribution in [0.5, 0.6) is 0 Å². The van der Waals surface area contributed by atoms with Crippen molar-refractivity contribution in [2.75, 3.05) is 19.5 Å². The van der Waals surface area contributed by atoms with Crippen LogP contribution in [0.15, 0.2) is 18.5 Å². The molecule has 3 heterocycles. The number of carbonyl (C=O) groups is 1. The normalized spacial score (nSPS) is 25.1. The van der Waals surface area contributed by atoms with Gasteiger partial charge in [-0.3, -0.25) is 0 Å². The van der Waals surface area contributed by atoms with Crippen LogP contribution in [-0.2, 0) is 19.0 Å². The molecule has 1 saturated heterocycles. The number of esters is 1. The summed E-state index contributed by atoms with van der Waals surface area (Å²) in [6, 6.07) is 1.83. The van der Waals surface area contributed by atoms with Crippen LogP contribution in [0.25, 0.3) is 11.1 Å². The van der Waals surface area contributed by atoms with Gasteiger partial charge in [-0.15, -0.1) is 0 Å². The van der Waals surface area contributed by atoms with Gasteiger partial charge >= 0.3 is 5.97 Å². The number of allylic oxidation sites excluding steroid dienone is 1. The maximum absolute atomic E-state index is 11.7. The summed E-state index contributed by atoms with van der Waals surface area (Å²) >= 11 is 0. The molecule has 0 bridgehead atoms. The summed E-state index contributed by atoms with van der Waals surface area (Å²) in [5.41, 5.74) is 8.61. The number of rotatable bonds is 6. The second kappa shape index (κ2) is 8.31. The number of nitrogens with two attached hydrogens (primary N) is 1. The zero-order valence-electron chi connectivity index (χ0n) is 17.7. The van der Waals surface area contributed by atoms with Crippen molar-refractivity contribution >= 4 is 22.9 Å². The van der Waals surface area contributed by atoms with Crippen molar-refractivity contribution in [3.05, 3.63) is 29.7 Å². The predicted octanol–water partition coefficient (Wildman–Crippen LogP) is 1.07. The molecule has 10 heteroatoms. The number of carbonyl (C=O) groups excluding carboxylic acids is 1. The van der Waals surface area contributed by atoms with Gasteiger partial charge in [0.2, 0.25) is 0 Å². The smallest absolute Gasteiger partial charge is 0.330 e. The lowest BCUT2D eigenvalue weighted by Crippen LogP contribution is -2.39. The van der Waals surface area contributed by atoms with Gasteiger partial charge in [-0.25, -0.2) is 14.3 Å². The van der Waals surface area contributed by atoms with Gasteiger partial charge in [0.1, 0.15) is 24.1 Å². The van der Waals surface area contributed by atoms with Gasteiger partial charge in [-0.05, 0) is 32.4 Å². The van der Waals surface area contributed by atoms with E-state index in [4.69, 9.17) is 19.9 Å². The lowest BCUT2D eigenvalue weighted by Gasteiger charge is -2.28. The van der Waals surface area contributed by atoms with Crippen molar-refractivity contribution in [2.45, 2.75) is 51.8 Å². The van der Waals surface area contributed by atoms with Crippen LogP contribution in [0.4, 0.5) is 5.82 Å². The van der Waals surface area contributed by atoms with E-state index in [-0.39, 0.29) is 18.3 Å². The number of nitrogens with zero attached hydrogens (tertiary/aromatic N) is 3. The Bertz CT molecular complexity index is 964. The highest BCUT2D eigenvalue weighted by Gasteiger charge is 2.46. The fourth-order valence-corrected chi connectivity index (χ4v) is 3.81. The number of nitrogen functional groups attached to an aromatic ring is 1. The quantitative estimate of drug-likeness (QED) is 0.355. The number of aliphatic hydroxyl groups excluding tert-OH is 1. The lowest BCUT2D eigenvalue weighted by molar-refractivity contribution is -0.222. The third kappa shape index (κ3) is 4.17. The Hall–Kier alpha value is -2.53. The van der Waals surface area contributed by atoms with Gasteiger partial charge in [0, 0.05) is 17.6 Å². The van der Waals surface area contributed by atoms with Crippen LogP contribution in [0.2, 0.25) is 0 Å². The van der Waals surface area contributed by atoms with Gasteiger partial charge in [-0.1, -0.05) is 6.92 Å². The van der Waals surface area contributed by atoms with E-state index in [1.165, 1.54) is 33.4 Å². The number of methoxy groups -OCH3 is 1. The maximum Gasteiger partial charge on any atom is 0.330 e. The lowest BCUT2D eigenvalue weighted by atomic mass is 9.95. The van der Waals surface area contributed by atoms with Crippen molar-refractivity contribution in [2.24, 2.45) is 5.92 Å². The van der Waals surface area contributed by atoms with Gasteiger partial charge in [0.05, 0.1) is 25.5 Å². The fourth-order valence-electron chi connectivity index (χ4n) is 3.81. The molecule has 3 rings (SSSR count). The van der Waals surface area contributed by atoms with E-state index in [1.54, 1.807) is 11.4 Å². The summed E-state index contributed by atoms with van der Waals surface area (Å²) in [6.07, 6.45) is 1.02. The molecule has 0 radical (unpaired) electrons. The van der Waals surface area contributed by atoms with Gasteiger partial charge in [-0.2, -0.15) is 5.10 Å². The van der Waals surface area contributed by atoms with E-state index in [1.807, 2.05) is 13.0 Å². The summed E-state index contributed by atoms with van der Waals surface area (Å²) < 4.78 is 18.2. The maximum atomic E-state index is 11.7. The Kier molecular flexibility index (Phi) is 6.14. The summed E-state index contributed by atoms with van der Waals surface area (Å²) in [6.45, 7) is 6.47. The van der Waals surface area contributed by atoms with E-state index in [0.717, 1.165) is 0 Å². The van der Waals surface area contributed by atoms with Crippen molar-refractivity contribution in [1.29, 1.82) is 0 Å². The first-order valence-corrected chi connectivity index (χ1v) is 9.62. The monoisotopic (exact) mass is 420 g/mol. The molecule has 2 aromatic heterocycles. The molecule has 0 aliphatic carbocycles. The highest BCUT2D eigenvalue weighted by molar-refractivity contribution is 5.95. The van der Waals surface area contributed by atoms with E-state index in [0.29, 0.717) is 22.3 Å². The molecule has 0 unspecified atom stereocenters. The second-order valence-corrected chi connectivity index (χ2v) is 7.91. The summed E-state index contributed by atoms with van der Waals surface area (Å²) in [4.78, 5) is 15.8. The van der Waals surface area contributed by atoms with Crippen molar-refractivity contribution in [3.63, 3.8) is 0 Å². The average molecular weight is 420 g/mol. The zero-order valence-corrected chi connectivity index (χ0v) is 17.7. The molecule has 0 saturated carbocycles. The minimum atomic E-state index is -1.39. The number of hydrogen-bond acceptors (Lipinski definition) is 9. The van der Waals surface area contributed by atoms with Crippen LogP contribution < -0.4 is 5.73 Å². The van der Waals surface area contributed by atoms with Gasteiger partial charge in [0.25, 0.3) is 0 Å². The molecular formula is C20H28N4O6. The standard InChI is InChI=1S/C20H28N4O6/c1-10(6-15(26)28-5)12-7-13(24-16(12)19(21)22-9-23-24)17-11(2)18(14(8-25)29-17)30-20(3,4)27/h6-7,9,11,14,17-18,25,27H,8H2,1-5H3,(H2,21,22,23)/b10-6+/t11-,14-,17-,18+/m1/s1. The molecule has 0 amide bonds. The third-order valence-corrected chi connectivity index (χ3v) is 5.15. The topological polar surface area (TPSA) is 141 Å². The Morgan fingerprint density at radius 1 is 1.47 bits per heavy atom. The van der Waals surface area contributed by atoms with E-state index in [2.05, 4.69) is 10.1 Å². The zero-order chi connectivity index (χ0) is 22.2. The Morgan fingerprint density at radius 2 is 2.17 bits per heavy atom. The van der Waals surface area contributed by atoms with E-state index in [9.17, 15) is 15.0 Å². The van der Waals surface area contributed by atoms with Crippen LogP contribution in [-0.4, -0.2) is 62.5 Å². The molecule has 1 fully saturated rings. The molecule has 0 aromatic carbocycles. The SMILES string of the molecule is COC(=O)/C=C(\C)c1cc([C@@H]2O[C@H](CO)[C@@H](OC(C)(C)O)[C@@H]2C)n2ncnc(N)c12. The van der Waals surface area contributed by atoms with Crippen LogP contribution >= 0.6 is 0 Å². The first-order valence-electron chi connectivity index (χ1n) is 9.62. The summed E-state index contributed by atoms with van der Waals surface area (Å²) in [7, 11) is 1.30. The van der Waals surface area contributed by atoms with Crippen molar-refractivity contribution < 1.29 is 29.2 Å². The number of fused-ring (bicyclic) bond motifs is 1. The number of aliphatic hydroxyl groups is 2. The van der Waals surface area contributed by atoms with Crippen LogP contribution in [0.1, 0.15) is 45.1 Å². The summed E-state index contributed by atoms with van der Waals surface area (Å²) in [5, 5.41) is 24.2. The van der Waals surface area contributed by atoms with Crippen LogP contribution in [0.3, 0.4) is 0 Å². The van der Waals surface area contributed by atoms with Crippen molar-refractivity contribution in [3.8, 4) is 0 Å². The molecule has 10 nitrogen and oxygen atoms in total. The second-order valence-electron chi connectivity index (χ2n) is 7.91. The number of aromatic nitrogens is 3. The Morgan fingerprint density at radius 3 is 2.77 bits per heavy atom. The third-order valence-electron chi connectivity index (χ3n) is 5.15. The number of anilines is 1. The average Bonchev–Trinajstić information content (AvgIpc) is 3.20. The molecule has 0 spiro atoms. The molecular weight excluding hydrogens is 392 g/mol. The van der Waals surface area contributed by atoms with E-state index >= 15 is 0 Å². The first kappa shape index (κ1) is 22.2. The predicted molar refractivity (Wildman–Crippen MR) is 108 cm³/mol. The van der Waals surface area contributed by atoms with Crippen molar-refractivity contribution in [1.82, 2.24) is 14.6 Å². The molecule has 4 atom stereocenters. The molecule has 4 N–H and O–H groups in total. The Labute approximate surface area is 174 Å². The molecule has 1 aliphatic heterocycles. The molecule has 164 valence electrons. The minimum Gasteiger partial charge on any atom is -0.466 e. The van der Waals surface area contributed by atoms with Gasteiger partial charge in [0.15, 0.2) is 11.6 Å². The van der Waals surface area contributed by atoms with Crippen LogP contribution in [0, 0.1) is 5.92 Å². The molecule has 1 aliphatic rings. The van der Waals surface area contributed by atoms with Gasteiger partial charge < -0.3 is 30.2 Å².